The van der Waals surface area contributed by atoms with Crippen molar-refractivity contribution in [3.63, 3.8) is 0 Å². The maximum Gasteiger partial charge on any atom is 0.289 e. The minimum atomic E-state index is -0.0256. The predicted octanol–water partition coefficient (Wildman–Crippen LogP) is 2.55. The Hall–Kier alpha value is -1.81. The fourth-order valence-corrected chi connectivity index (χ4v) is 3.01. The van der Waals surface area contributed by atoms with Crippen LogP contribution < -0.4 is 5.73 Å². The second kappa shape index (κ2) is 4.94. The molecule has 0 spiro atoms. The summed E-state index contributed by atoms with van der Waals surface area (Å²) in [7, 11) is 0. The van der Waals surface area contributed by atoms with Crippen LogP contribution in [0.5, 0.6) is 0 Å². The van der Waals surface area contributed by atoms with E-state index in [4.69, 9.17) is 10.2 Å². The number of nitrogens with zero attached hydrogens (tertiary/aromatic N) is 1. The molecule has 2 unspecified atom stereocenters. The number of benzene rings is 1. The van der Waals surface area contributed by atoms with E-state index in [1.165, 1.54) is 0 Å². The number of hydrogen-bond acceptors (Lipinski definition) is 3. The number of nitrogens with two attached hydrogens (primary N) is 1. The van der Waals surface area contributed by atoms with Crippen molar-refractivity contribution >= 4 is 16.9 Å². The van der Waals surface area contributed by atoms with E-state index >= 15 is 0 Å². The van der Waals surface area contributed by atoms with Crippen molar-refractivity contribution < 1.29 is 9.21 Å². The van der Waals surface area contributed by atoms with E-state index in [-0.39, 0.29) is 11.9 Å². The molecule has 0 saturated carbocycles. The number of rotatable bonds is 2. The molecular weight excluding hydrogens is 252 g/mol. The lowest BCUT2D eigenvalue weighted by Crippen LogP contribution is -2.34. The first-order chi connectivity index (χ1) is 9.58. The second-order valence-electron chi connectivity index (χ2n) is 5.80. The lowest BCUT2D eigenvalue weighted by Gasteiger charge is -2.19. The summed E-state index contributed by atoms with van der Waals surface area (Å²) in [4.78, 5) is 14.4. The lowest BCUT2D eigenvalue weighted by atomic mass is 10.1. The van der Waals surface area contributed by atoms with E-state index in [1.807, 2.05) is 36.1 Å². The normalized spacial score (nSPS) is 22.6. The smallest absolute Gasteiger partial charge is 0.289 e. The Labute approximate surface area is 118 Å². The Balaban J connectivity index is 1.89. The van der Waals surface area contributed by atoms with Crippen LogP contribution in [0.15, 0.2) is 28.7 Å². The van der Waals surface area contributed by atoms with Crippen LogP contribution in [0.1, 0.15) is 29.5 Å². The maximum absolute atomic E-state index is 12.6. The summed E-state index contributed by atoms with van der Waals surface area (Å²) < 4.78 is 5.69. The number of hydrogen-bond donors (Lipinski definition) is 1. The third kappa shape index (κ3) is 2.20. The largest absolute Gasteiger partial charge is 0.451 e. The van der Waals surface area contributed by atoms with Crippen molar-refractivity contribution in [2.75, 3.05) is 13.1 Å². The van der Waals surface area contributed by atoms with Gasteiger partial charge in [0.05, 0.1) is 0 Å². The van der Waals surface area contributed by atoms with Crippen LogP contribution in [-0.2, 0) is 0 Å². The van der Waals surface area contributed by atoms with E-state index in [1.54, 1.807) is 0 Å². The van der Waals surface area contributed by atoms with Gasteiger partial charge < -0.3 is 15.1 Å². The molecule has 0 radical (unpaired) electrons. The zero-order valence-electron chi connectivity index (χ0n) is 11.9. The molecule has 2 atom stereocenters. The van der Waals surface area contributed by atoms with Gasteiger partial charge in [0, 0.05) is 18.0 Å². The Bertz CT molecular complexity index is 647. The van der Waals surface area contributed by atoms with Crippen LogP contribution in [0.3, 0.4) is 0 Å². The summed E-state index contributed by atoms with van der Waals surface area (Å²) in [5.74, 6) is 0.804. The van der Waals surface area contributed by atoms with Crippen molar-refractivity contribution in [1.29, 1.82) is 0 Å². The van der Waals surface area contributed by atoms with Crippen LogP contribution in [0, 0.1) is 12.8 Å². The molecule has 2 N–H and O–H groups in total. The van der Waals surface area contributed by atoms with E-state index < -0.39 is 0 Å². The maximum atomic E-state index is 12.6. The minimum Gasteiger partial charge on any atom is -0.451 e. The van der Waals surface area contributed by atoms with Crippen LogP contribution in [0.4, 0.5) is 0 Å². The highest BCUT2D eigenvalue weighted by atomic mass is 16.3. The van der Waals surface area contributed by atoms with Gasteiger partial charge in [-0.25, -0.2) is 0 Å². The molecule has 1 saturated heterocycles. The Kier molecular flexibility index (Phi) is 3.26. The van der Waals surface area contributed by atoms with Gasteiger partial charge in [-0.3, -0.25) is 4.79 Å². The van der Waals surface area contributed by atoms with E-state index in [0.29, 0.717) is 18.2 Å². The average Bonchev–Trinajstić information content (AvgIpc) is 3.00. The summed E-state index contributed by atoms with van der Waals surface area (Å²) in [6, 6.07) is 8.00. The number of furan rings is 1. The molecule has 4 nitrogen and oxygen atoms in total. The van der Waals surface area contributed by atoms with Gasteiger partial charge in [-0.1, -0.05) is 11.6 Å². The molecule has 0 bridgehead atoms. The molecule has 1 amide bonds. The third-order valence-electron chi connectivity index (χ3n) is 4.14. The monoisotopic (exact) mass is 272 g/mol. The average molecular weight is 272 g/mol. The van der Waals surface area contributed by atoms with Gasteiger partial charge in [0.25, 0.3) is 5.91 Å². The standard InChI is InChI=1S/C16H20N2O2/c1-10-3-4-14-13(5-10)7-15(20-14)16(19)18-9-12(8-17)6-11(18)2/h3-5,7,11-12H,6,8-9,17H2,1-2H3. The molecule has 2 aromatic rings. The molecule has 2 heterocycles. The molecule has 1 aliphatic rings. The summed E-state index contributed by atoms with van der Waals surface area (Å²) in [6.07, 6.45) is 0.974. The van der Waals surface area contributed by atoms with Crippen LogP contribution >= 0.6 is 0 Å². The fraction of sp³-hybridized carbons (Fsp3) is 0.438. The Morgan fingerprint density at radius 3 is 2.95 bits per heavy atom. The number of fused-ring (bicyclic) bond motifs is 1. The zero-order chi connectivity index (χ0) is 14.3. The van der Waals surface area contributed by atoms with E-state index in [2.05, 4.69) is 6.92 Å². The van der Waals surface area contributed by atoms with Gasteiger partial charge in [-0.2, -0.15) is 0 Å². The van der Waals surface area contributed by atoms with Crippen molar-refractivity contribution in [1.82, 2.24) is 4.90 Å². The molecular formula is C16H20N2O2. The van der Waals surface area contributed by atoms with Gasteiger partial charge in [0.1, 0.15) is 5.58 Å². The molecule has 0 aliphatic carbocycles. The highest BCUT2D eigenvalue weighted by Gasteiger charge is 2.33. The highest BCUT2D eigenvalue weighted by Crippen LogP contribution is 2.27. The lowest BCUT2D eigenvalue weighted by molar-refractivity contribution is 0.0713. The third-order valence-corrected chi connectivity index (χ3v) is 4.14. The van der Waals surface area contributed by atoms with E-state index in [9.17, 15) is 4.79 Å². The van der Waals surface area contributed by atoms with Crippen LogP contribution in [0.25, 0.3) is 11.0 Å². The molecule has 106 valence electrons. The molecule has 1 aromatic heterocycles. The van der Waals surface area contributed by atoms with Crippen molar-refractivity contribution in [3.8, 4) is 0 Å². The fourth-order valence-electron chi connectivity index (χ4n) is 3.01. The highest BCUT2D eigenvalue weighted by molar-refractivity contribution is 5.96. The van der Waals surface area contributed by atoms with Crippen molar-refractivity contribution in [2.24, 2.45) is 11.7 Å². The summed E-state index contributed by atoms with van der Waals surface area (Å²) >= 11 is 0. The summed E-state index contributed by atoms with van der Waals surface area (Å²) in [5, 5.41) is 0.982. The van der Waals surface area contributed by atoms with Gasteiger partial charge >= 0.3 is 0 Å². The minimum absolute atomic E-state index is 0.0256. The molecule has 3 rings (SSSR count). The number of amides is 1. The molecule has 1 fully saturated rings. The number of carbonyl (C=O) groups is 1. The quantitative estimate of drug-likeness (QED) is 0.914. The summed E-state index contributed by atoms with van der Waals surface area (Å²) in [6.45, 7) is 5.46. The topological polar surface area (TPSA) is 59.5 Å². The first kappa shape index (κ1) is 13.2. The molecule has 1 aromatic carbocycles. The SMILES string of the molecule is Cc1ccc2oc(C(=O)N3CC(CN)CC3C)cc2c1. The van der Waals surface area contributed by atoms with Gasteiger partial charge in [0.2, 0.25) is 0 Å². The van der Waals surface area contributed by atoms with Gasteiger partial charge in [0.15, 0.2) is 5.76 Å². The second-order valence-corrected chi connectivity index (χ2v) is 5.80. The Morgan fingerprint density at radius 1 is 1.45 bits per heavy atom. The first-order valence-electron chi connectivity index (χ1n) is 7.09. The van der Waals surface area contributed by atoms with E-state index in [0.717, 1.165) is 29.5 Å². The van der Waals surface area contributed by atoms with Crippen molar-refractivity contribution in [3.05, 3.63) is 35.6 Å². The first-order valence-corrected chi connectivity index (χ1v) is 7.09. The zero-order valence-corrected chi connectivity index (χ0v) is 11.9. The number of likely N-dealkylation sites (tertiary alicyclic amines) is 1. The van der Waals surface area contributed by atoms with Gasteiger partial charge in [-0.15, -0.1) is 0 Å². The summed E-state index contributed by atoms with van der Waals surface area (Å²) in [5.41, 5.74) is 7.64. The van der Waals surface area contributed by atoms with Crippen molar-refractivity contribution in [2.45, 2.75) is 26.3 Å². The van der Waals surface area contributed by atoms with Crippen LogP contribution in [0.2, 0.25) is 0 Å². The van der Waals surface area contributed by atoms with Crippen LogP contribution in [-0.4, -0.2) is 29.9 Å². The number of aryl methyl sites for hydroxylation is 1. The Morgan fingerprint density at radius 2 is 2.25 bits per heavy atom. The molecule has 1 aliphatic heterocycles. The van der Waals surface area contributed by atoms with Gasteiger partial charge in [-0.05, 0) is 50.9 Å². The molecule has 4 heteroatoms. The predicted molar refractivity (Wildman–Crippen MR) is 78.6 cm³/mol. The molecule has 20 heavy (non-hydrogen) atoms. The number of carbonyl (C=O) groups excluding carboxylic acids is 1.